The van der Waals surface area contributed by atoms with Crippen LogP contribution in [0.3, 0.4) is 0 Å². The lowest BCUT2D eigenvalue weighted by Crippen LogP contribution is -2.60. The molecule has 0 aromatic carbocycles. The Morgan fingerprint density at radius 1 is 1.17 bits per heavy atom. The molecule has 0 radical (unpaired) electrons. The summed E-state index contributed by atoms with van der Waals surface area (Å²) in [5.74, 6) is -6.70. The molecular formula is C18H25BrF2O7S. The fourth-order valence-corrected chi connectivity index (χ4v) is 6.19. The zero-order chi connectivity index (χ0) is 21.9. The minimum Gasteiger partial charge on any atom is -0.459 e. The average Bonchev–Trinajstić information content (AvgIpc) is 2.47. The van der Waals surface area contributed by atoms with Crippen LogP contribution in [-0.2, 0) is 29.2 Å². The molecule has 11 heteroatoms. The quantitative estimate of drug-likeness (QED) is 0.323. The molecule has 4 rings (SSSR count). The van der Waals surface area contributed by atoms with E-state index in [-0.39, 0.29) is 18.3 Å². The van der Waals surface area contributed by atoms with Crippen molar-refractivity contribution in [3.8, 4) is 0 Å². The van der Waals surface area contributed by atoms with Crippen LogP contribution < -0.4 is 0 Å². The second kappa shape index (κ2) is 7.12. The van der Waals surface area contributed by atoms with Crippen molar-refractivity contribution in [2.75, 3.05) is 12.4 Å². The number of carbonyl (C=O) groups excluding carboxylic acids is 2. The first-order valence-corrected chi connectivity index (χ1v) is 11.9. The largest absolute Gasteiger partial charge is 0.459 e. The molecule has 166 valence electrons. The summed E-state index contributed by atoms with van der Waals surface area (Å²) < 4.78 is 67.4. The SMILES string of the molecule is CC(C)(Br)C(=O)OC12CC3CC(C1)CC(C(=O)OCC(F)(F)CS(=O)(=O)O)(C3)C2. The summed E-state index contributed by atoms with van der Waals surface area (Å²) >= 11 is 3.28. The Bertz CT molecular complexity index is 792. The molecule has 4 saturated carbocycles. The molecule has 1 N–H and O–H groups in total. The van der Waals surface area contributed by atoms with E-state index in [1.165, 1.54) is 0 Å². The van der Waals surface area contributed by atoms with Gasteiger partial charge < -0.3 is 9.47 Å². The van der Waals surface area contributed by atoms with E-state index in [2.05, 4.69) is 15.9 Å². The van der Waals surface area contributed by atoms with E-state index in [1.54, 1.807) is 13.8 Å². The molecule has 4 bridgehead atoms. The Morgan fingerprint density at radius 2 is 1.72 bits per heavy atom. The third-order valence-electron chi connectivity index (χ3n) is 6.04. The topological polar surface area (TPSA) is 107 Å². The van der Waals surface area contributed by atoms with Crippen molar-refractivity contribution in [2.45, 2.75) is 68.2 Å². The Morgan fingerprint density at radius 3 is 2.21 bits per heavy atom. The third-order valence-corrected chi connectivity index (χ3v) is 7.15. The molecule has 4 fully saturated rings. The number of alkyl halides is 3. The monoisotopic (exact) mass is 502 g/mol. The predicted molar refractivity (Wildman–Crippen MR) is 101 cm³/mol. The first-order valence-electron chi connectivity index (χ1n) is 9.46. The first-order chi connectivity index (χ1) is 13.0. The molecule has 0 spiro atoms. The Kier molecular flexibility index (Phi) is 5.61. The highest BCUT2D eigenvalue weighted by Gasteiger charge is 2.63. The van der Waals surface area contributed by atoms with Crippen LogP contribution in [0.5, 0.6) is 0 Å². The van der Waals surface area contributed by atoms with Gasteiger partial charge in [0.2, 0.25) is 0 Å². The van der Waals surface area contributed by atoms with Crippen molar-refractivity contribution in [2.24, 2.45) is 17.3 Å². The number of halogens is 3. The normalized spacial score (nSPS) is 34.1. The maximum Gasteiger partial charge on any atom is 0.322 e. The highest BCUT2D eigenvalue weighted by atomic mass is 79.9. The maximum absolute atomic E-state index is 13.7. The summed E-state index contributed by atoms with van der Waals surface area (Å²) in [5, 5.41) is 0. The highest BCUT2D eigenvalue weighted by Crippen LogP contribution is 2.63. The fourth-order valence-electron chi connectivity index (χ4n) is 5.49. The number of carbonyl (C=O) groups is 2. The molecule has 29 heavy (non-hydrogen) atoms. The van der Waals surface area contributed by atoms with E-state index < -0.39 is 55.7 Å². The summed E-state index contributed by atoms with van der Waals surface area (Å²) in [7, 11) is -4.92. The molecule has 0 saturated heterocycles. The van der Waals surface area contributed by atoms with Gasteiger partial charge in [-0.15, -0.1) is 0 Å². The average molecular weight is 503 g/mol. The van der Waals surface area contributed by atoms with Crippen LogP contribution in [-0.4, -0.2) is 53.1 Å². The second-order valence-corrected chi connectivity index (χ2v) is 12.9. The number of rotatable bonds is 7. The smallest absolute Gasteiger partial charge is 0.322 e. The summed E-state index contributed by atoms with van der Waals surface area (Å²) in [6, 6.07) is 0. The van der Waals surface area contributed by atoms with E-state index >= 15 is 0 Å². The van der Waals surface area contributed by atoms with Crippen molar-refractivity contribution in [1.82, 2.24) is 0 Å². The Labute approximate surface area is 176 Å². The van der Waals surface area contributed by atoms with Crippen LogP contribution in [0.15, 0.2) is 0 Å². The van der Waals surface area contributed by atoms with E-state index in [1.807, 2.05) is 0 Å². The minimum absolute atomic E-state index is 0.133. The summed E-state index contributed by atoms with van der Waals surface area (Å²) in [6.45, 7) is 1.90. The van der Waals surface area contributed by atoms with Gasteiger partial charge in [0.15, 0.2) is 6.61 Å². The van der Waals surface area contributed by atoms with Gasteiger partial charge in [-0.3, -0.25) is 14.1 Å². The van der Waals surface area contributed by atoms with Gasteiger partial charge in [-0.25, -0.2) is 8.78 Å². The van der Waals surface area contributed by atoms with Crippen LogP contribution in [0.1, 0.15) is 52.4 Å². The van der Waals surface area contributed by atoms with Crippen molar-refractivity contribution in [3.63, 3.8) is 0 Å². The van der Waals surface area contributed by atoms with Gasteiger partial charge >= 0.3 is 11.9 Å². The second-order valence-electron chi connectivity index (χ2n) is 9.44. The zero-order valence-electron chi connectivity index (χ0n) is 16.3. The molecule has 2 atom stereocenters. The van der Waals surface area contributed by atoms with Crippen molar-refractivity contribution in [1.29, 1.82) is 0 Å². The highest BCUT2D eigenvalue weighted by molar-refractivity contribution is 9.10. The van der Waals surface area contributed by atoms with Crippen molar-refractivity contribution in [3.05, 3.63) is 0 Å². The Balaban J connectivity index is 1.74. The molecule has 2 unspecified atom stereocenters. The van der Waals surface area contributed by atoms with Crippen LogP contribution in [0.25, 0.3) is 0 Å². The van der Waals surface area contributed by atoms with E-state index in [9.17, 15) is 26.8 Å². The van der Waals surface area contributed by atoms with Gasteiger partial charge in [0.05, 0.1) is 5.41 Å². The zero-order valence-corrected chi connectivity index (χ0v) is 18.7. The molecule has 0 aromatic heterocycles. The molecular weight excluding hydrogens is 478 g/mol. The first kappa shape index (κ1) is 22.9. The van der Waals surface area contributed by atoms with Crippen molar-refractivity contribution < 1.29 is 40.8 Å². The minimum atomic E-state index is -4.92. The number of hydrogen-bond donors (Lipinski definition) is 1. The van der Waals surface area contributed by atoms with E-state index in [0.717, 1.165) is 6.42 Å². The molecule has 7 nitrogen and oxygen atoms in total. The fraction of sp³-hybridized carbons (Fsp3) is 0.889. The lowest BCUT2D eigenvalue weighted by atomic mass is 9.48. The Hall–Kier alpha value is -0.810. The molecule has 0 aromatic rings. The molecule has 0 aliphatic heterocycles. The van der Waals surface area contributed by atoms with E-state index in [0.29, 0.717) is 25.7 Å². The maximum atomic E-state index is 13.7. The van der Waals surface area contributed by atoms with Gasteiger partial charge in [-0.05, 0) is 57.8 Å². The lowest BCUT2D eigenvalue weighted by molar-refractivity contribution is -0.216. The molecule has 4 aliphatic carbocycles. The standard InChI is InChI=1S/C18H25BrF2O7S/c1-15(2,19)13(22)28-17-6-11-3-12(7-17)5-16(4-11,8-17)14(23)27-9-18(20,21)10-29(24,25)26/h11-12H,3-10H2,1-2H3,(H,24,25,26). The van der Waals surface area contributed by atoms with Gasteiger partial charge in [0.1, 0.15) is 15.7 Å². The molecule has 0 heterocycles. The van der Waals surface area contributed by atoms with E-state index in [4.69, 9.17) is 14.0 Å². The van der Waals surface area contributed by atoms with Gasteiger partial charge in [-0.1, -0.05) is 15.9 Å². The van der Waals surface area contributed by atoms with Gasteiger partial charge in [0.25, 0.3) is 16.0 Å². The number of ether oxygens (including phenoxy) is 2. The van der Waals surface area contributed by atoms with Crippen LogP contribution in [0, 0.1) is 17.3 Å². The number of hydrogen-bond acceptors (Lipinski definition) is 6. The van der Waals surface area contributed by atoms with Crippen LogP contribution >= 0.6 is 15.9 Å². The number of esters is 2. The van der Waals surface area contributed by atoms with Crippen LogP contribution in [0.4, 0.5) is 8.78 Å². The van der Waals surface area contributed by atoms with Crippen molar-refractivity contribution >= 4 is 38.0 Å². The third kappa shape index (κ3) is 5.10. The summed E-state index contributed by atoms with van der Waals surface area (Å²) in [6.07, 6.45) is 3.32. The summed E-state index contributed by atoms with van der Waals surface area (Å²) in [4.78, 5) is 25.3. The van der Waals surface area contributed by atoms with Gasteiger partial charge in [-0.2, -0.15) is 8.42 Å². The van der Waals surface area contributed by atoms with Crippen LogP contribution in [0.2, 0.25) is 0 Å². The summed E-state index contributed by atoms with van der Waals surface area (Å²) in [5.41, 5.74) is -1.84. The predicted octanol–water partition coefficient (Wildman–Crippen LogP) is 3.11. The van der Waals surface area contributed by atoms with Gasteiger partial charge in [0, 0.05) is 6.42 Å². The molecule has 4 aliphatic rings. The molecule has 0 amide bonds. The lowest BCUT2D eigenvalue weighted by Gasteiger charge is -2.60.